The van der Waals surface area contributed by atoms with Gasteiger partial charge in [0.2, 0.25) is 0 Å². The van der Waals surface area contributed by atoms with Crippen molar-refractivity contribution in [1.29, 1.82) is 0 Å². The van der Waals surface area contributed by atoms with Crippen LogP contribution in [0.25, 0.3) is 21.3 Å². The van der Waals surface area contributed by atoms with Crippen LogP contribution in [-0.4, -0.2) is 40.8 Å². The maximum absolute atomic E-state index is 12.1. The second-order valence-corrected chi connectivity index (χ2v) is 10.2. The molecule has 1 N–H and O–H groups in total. The van der Waals surface area contributed by atoms with Crippen LogP contribution >= 0.6 is 27.3 Å². The first kappa shape index (κ1) is 21.1. The minimum absolute atomic E-state index is 0.113. The number of hydrogen-bond acceptors (Lipinski definition) is 6. The third-order valence-corrected chi connectivity index (χ3v) is 6.44. The van der Waals surface area contributed by atoms with Crippen LogP contribution in [-0.2, 0) is 4.74 Å². The number of nitrogens with one attached hydrogen (secondary N) is 1. The van der Waals surface area contributed by atoms with Crippen LogP contribution in [0.15, 0.2) is 40.4 Å². The third kappa shape index (κ3) is 4.75. The third-order valence-electron chi connectivity index (χ3n) is 5.02. The Morgan fingerprint density at radius 3 is 2.57 bits per heavy atom. The van der Waals surface area contributed by atoms with E-state index in [0.29, 0.717) is 0 Å². The highest BCUT2D eigenvalue weighted by atomic mass is 79.9. The van der Waals surface area contributed by atoms with E-state index in [1.54, 1.807) is 17.7 Å². The number of carbonyl (C=O) groups is 1. The predicted molar refractivity (Wildman–Crippen MR) is 125 cm³/mol. The van der Waals surface area contributed by atoms with Gasteiger partial charge in [-0.15, -0.1) is 11.3 Å². The van der Waals surface area contributed by atoms with Crippen LogP contribution in [0.1, 0.15) is 33.6 Å². The largest absolute Gasteiger partial charge is 0.444 e. The number of benzene rings is 1. The number of aromatic nitrogens is 2. The molecular weight excluding hydrogens is 464 g/mol. The molecule has 1 saturated heterocycles. The van der Waals surface area contributed by atoms with Crippen molar-refractivity contribution in [2.24, 2.45) is 0 Å². The highest BCUT2D eigenvalue weighted by molar-refractivity contribution is 9.10. The van der Waals surface area contributed by atoms with Gasteiger partial charge in [-0.2, -0.15) is 0 Å². The Bertz CT molecular complexity index is 1040. The number of anilines is 1. The summed E-state index contributed by atoms with van der Waals surface area (Å²) in [5.74, 6) is 0.967. The molecule has 0 saturated carbocycles. The van der Waals surface area contributed by atoms with Crippen LogP contribution in [0.5, 0.6) is 0 Å². The molecule has 1 fully saturated rings. The van der Waals surface area contributed by atoms with Crippen molar-refractivity contribution < 1.29 is 9.53 Å². The lowest BCUT2D eigenvalue weighted by Gasteiger charge is -2.34. The fourth-order valence-corrected chi connectivity index (χ4v) is 4.83. The van der Waals surface area contributed by atoms with E-state index in [9.17, 15) is 4.79 Å². The Balaban J connectivity index is 1.51. The van der Waals surface area contributed by atoms with Gasteiger partial charge < -0.3 is 15.0 Å². The summed E-state index contributed by atoms with van der Waals surface area (Å²) < 4.78 is 6.44. The quantitative estimate of drug-likeness (QED) is 0.518. The van der Waals surface area contributed by atoms with Gasteiger partial charge in [0.05, 0.1) is 5.39 Å². The van der Waals surface area contributed by atoms with E-state index in [2.05, 4.69) is 65.8 Å². The number of nitrogens with zero attached hydrogens (tertiary/aromatic N) is 3. The number of fused-ring (bicyclic) bond motifs is 1. The Morgan fingerprint density at radius 1 is 1.20 bits per heavy atom. The van der Waals surface area contributed by atoms with E-state index in [0.717, 1.165) is 57.6 Å². The van der Waals surface area contributed by atoms with E-state index in [-0.39, 0.29) is 12.1 Å². The van der Waals surface area contributed by atoms with Gasteiger partial charge in [-0.25, -0.2) is 14.8 Å². The second kappa shape index (κ2) is 8.51. The van der Waals surface area contributed by atoms with Crippen LogP contribution in [0, 0.1) is 0 Å². The lowest BCUT2D eigenvalue weighted by molar-refractivity contribution is 0.0497. The number of carbonyl (C=O) groups excluding carboxylic acids is 1. The number of thiophene rings is 1. The van der Waals surface area contributed by atoms with E-state index in [1.165, 1.54) is 0 Å². The van der Waals surface area contributed by atoms with Gasteiger partial charge in [0.15, 0.2) is 0 Å². The number of ether oxygens (including phenoxy) is 1. The standard InChI is InChI=1S/C22H25BrN4O2S/c1-22(2,3)29-21(28)26-16-8-10-27(11-9-16)19-18-17(12-30-20(18)25-13-24-19)14-4-6-15(23)7-5-14/h4-7,12-13,16H,8-11H2,1-3H3,(H,26,28). The summed E-state index contributed by atoms with van der Waals surface area (Å²) in [7, 11) is 0. The molecule has 1 amide bonds. The van der Waals surface area contributed by atoms with Gasteiger partial charge in [0, 0.05) is 34.5 Å². The van der Waals surface area contributed by atoms with Crippen molar-refractivity contribution in [1.82, 2.24) is 15.3 Å². The molecule has 3 heterocycles. The SMILES string of the molecule is CC(C)(C)OC(=O)NC1CCN(c2ncnc3scc(-c4ccc(Br)cc4)c23)CC1. The van der Waals surface area contributed by atoms with Gasteiger partial charge in [-0.1, -0.05) is 28.1 Å². The summed E-state index contributed by atoms with van der Waals surface area (Å²) in [6, 6.07) is 8.44. The van der Waals surface area contributed by atoms with E-state index < -0.39 is 5.60 Å². The first-order valence-electron chi connectivity index (χ1n) is 10.0. The number of hydrogen-bond donors (Lipinski definition) is 1. The molecule has 4 rings (SSSR count). The predicted octanol–water partition coefficient (Wildman–Crippen LogP) is 5.61. The Hall–Kier alpha value is -2.19. The molecular formula is C22H25BrN4O2S. The van der Waals surface area contributed by atoms with Crippen molar-refractivity contribution in [2.45, 2.75) is 45.3 Å². The average Bonchev–Trinajstić information content (AvgIpc) is 3.12. The molecule has 0 spiro atoms. The van der Waals surface area contributed by atoms with E-state index in [1.807, 2.05) is 20.8 Å². The summed E-state index contributed by atoms with van der Waals surface area (Å²) in [6.07, 6.45) is 3.00. The molecule has 0 atom stereocenters. The summed E-state index contributed by atoms with van der Waals surface area (Å²) in [4.78, 5) is 24.5. The van der Waals surface area contributed by atoms with Crippen molar-refractivity contribution in [3.8, 4) is 11.1 Å². The van der Waals surface area contributed by atoms with E-state index >= 15 is 0 Å². The van der Waals surface area contributed by atoms with E-state index in [4.69, 9.17) is 4.74 Å². The minimum Gasteiger partial charge on any atom is -0.444 e. The van der Waals surface area contributed by atoms with Gasteiger partial charge in [-0.05, 0) is 51.3 Å². The number of piperidine rings is 1. The molecule has 1 aromatic carbocycles. The lowest BCUT2D eigenvalue weighted by atomic mass is 10.0. The second-order valence-electron chi connectivity index (χ2n) is 8.44. The fraction of sp³-hybridized carbons (Fsp3) is 0.409. The van der Waals surface area contributed by atoms with Crippen molar-refractivity contribution in [3.63, 3.8) is 0 Å². The molecule has 1 aliphatic heterocycles. The zero-order valence-corrected chi connectivity index (χ0v) is 19.7. The molecule has 1 aliphatic rings. The maximum atomic E-state index is 12.1. The summed E-state index contributed by atoms with van der Waals surface area (Å²) in [5, 5.41) is 6.26. The molecule has 158 valence electrons. The minimum atomic E-state index is -0.486. The van der Waals surface area contributed by atoms with Gasteiger partial charge >= 0.3 is 6.09 Å². The van der Waals surface area contributed by atoms with Crippen molar-refractivity contribution in [2.75, 3.05) is 18.0 Å². The van der Waals surface area contributed by atoms with Crippen LogP contribution < -0.4 is 10.2 Å². The molecule has 3 aromatic rings. The molecule has 8 heteroatoms. The van der Waals surface area contributed by atoms with Crippen molar-refractivity contribution in [3.05, 3.63) is 40.4 Å². The Morgan fingerprint density at radius 2 is 1.90 bits per heavy atom. The fourth-order valence-electron chi connectivity index (χ4n) is 3.65. The molecule has 6 nitrogen and oxygen atoms in total. The van der Waals surface area contributed by atoms with Gasteiger partial charge in [0.25, 0.3) is 0 Å². The normalized spacial score (nSPS) is 15.4. The van der Waals surface area contributed by atoms with Crippen LogP contribution in [0.3, 0.4) is 0 Å². The average molecular weight is 489 g/mol. The number of amides is 1. The number of alkyl carbamates (subject to hydrolysis) is 1. The highest BCUT2D eigenvalue weighted by Crippen LogP contribution is 2.38. The van der Waals surface area contributed by atoms with Gasteiger partial charge in [0.1, 0.15) is 22.6 Å². The van der Waals surface area contributed by atoms with Gasteiger partial charge in [-0.3, -0.25) is 0 Å². The monoisotopic (exact) mass is 488 g/mol. The molecule has 2 aromatic heterocycles. The smallest absolute Gasteiger partial charge is 0.407 e. The maximum Gasteiger partial charge on any atom is 0.407 e. The lowest BCUT2D eigenvalue weighted by Crippen LogP contribution is -2.46. The zero-order valence-electron chi connectivity index (χ0n) is 17.3. The summed E-state index contributed by atoms with van der Waals surface area (Å²) >= 11 is 5.15. The van der Waals surface area contributed by atoms with Crippen LogP contribution in [0.4, 0.5) is 10.6 Å². The first-order valence-corrected chi connectivity index (χ1v) is 11.7. The first-order chi connectivity index (χ1) is 14.3. The molecule has 30 heavy (non-hydrogen) atoms. The Labute approximate surface area is 188 Å². The topological polar surface area (TPSA) is 67.3 Å². The number of halogens is 1. The summed E-state index contributed by atoms with van der Waals surface area (Å²) in [6.45, 7) is 7.27. The molecule has 0 bridgehead atoms. The number of rotatable bonds is 3. The summed E-state index contributed by atoms with van der Waals surface area (Å²) in [5.41, 5.74) is 1.83. The van der Waals surface area contributed by atoms with Crippen molar-refractivity contribution >= 4 is 49.4 Å². The molecule has 0 unspecified atom stereocenters. The Kier molecular flexibility index (Phi) is 5.97. The molecule has 0 aliphatic carbocycles. The van der Waals surface area contributed by atoms with Crippen LogP contribution in [0.2, 0.25) is 0 Å². The molecule has 0 radical (unpaired) electrons. The highest BCUT2D eigenvalue weighted by Gasteiger charge is 2.26. The zero-order chi connectivity index (χ0) is 21.3.